The Morgan fingerprint density at radius 3 is 2.55 bits per heavy atom. The van der Waals surface area contributed by atoms with Gasteiger partial charge in [-0.2, -0.15) is 0 Å². The standard InChI is InChI=1S/C18H26O4/c1-4-6-14-12(3)18(22-17(21-14)7-5-2)13-8-9-15-16(10-13)20-11-19-15/h8-10,12,14,17-18H,4-7,11H2,1-3H3/t12-,14+,17+,18+/m0/s1. The molecule has 0 aliphatic carbocycles. The smallest absolute Gasteiger partial charge is 0.231 e. The van der Waals surface area contributed by atoms with E-state index in [1.165, 1.54) is 0 Å². The first-order valence-corrected chi connectivity index (χ1v) is 8.43. The van der Waals surface area contributed by atoms with Crippen molar-refractivity contribution in [1.29, 1.82) is 0 Å². The fraction of sp³-hybridized carbons (Fsp3) is 0.667. The molecule has 0 radical (unpaired) electrons. The first-order chi connectivity index (χ1) is 10.7. The molecule has 22 heavy (non-hydrogen) atoms. The maximum Gasteiger partial charge on any atom is 0.231 e. The van der Waals surface area contributed by atoms with E-state index in [9.17, 15) is 0 Å². The minimum Gasteiger partial charge on any atom is -0.454 e. The topological polar surface area (TPSA) is 36.9 Å². The van der Waals surface area contributed by atoms with Crippen LogP contribution >= 0.6 is 0 Å². The maximum atomic E-state index is 6.24. The van der Waals surface area contributed by atoms with Crippen molar-refractivity contribution in [2.24, 2.45) is 5.92 Å². The average molecular weight is 306 g/mol. The van der Waals surface area contributed by atoms with Gasteiger partial charge in [-0.3, -0.25) is 0 Å². The summed E-state index contributed by atoms with van der Waals surface area (Å²) in [7, 11) is 0. The van der Waals surface area contributed by atoms with Crippen molar-refractivity contribution in [3.63, 3.8) is 0 Å². The molecule has 0 bridgehead atoms. The molecule has 3 rings (SSSR count). The predicted molar refractivity (Wildman–Crippen MR) is 84.0 cm³/mol. The Bertz CT molecular complexity index is 502. The fourth-order valence-corrected chi connectivity index (χ4v) is 3.29. The second-order valence-electron chi connectivity index (χ2n) is 6.21. The average Bonchev–Trinajstić information content (AvgIpc) is 2.98. The van der Waals surface area contributed by atoms with Crippen LogP contribution in [0.2, 0.25) is 0 Å². The molecule has 0 spiro atoms. The van der Waals surface area contributed by atoms with Gasteiger partial charge in [-0.15, -0.1) is 0 Å². The minimum absolute atomic E-state index is 0.0522. The van der Waals surface area contributed by atoms with Gasteiger partial charge in [0.25, 0.3) is 0 Å². The van der Waals surface area contributed by atoms with Gasteiger partial charge < -0.3 is 18.9 Å². The molecule has 0 amide bonds. The summed E-state index contributed by atoms with van der Waals surface area (Å²) < 4.78 is 23.3. The third kappa shape index (κ3) is 3.08. The second-order valence-corrected chi connectivity index (χ2v) is 6.21. The molecule has 4 heteroatoms. The second kappa shape index (κ2) is 6.88. The molecule has 1 fully saturated rings. The minimum atomic E-state index is -0.104. The summed E-state index contributed by atoms with van der Waals surface area (Å²) in [5.41, 5.74) is 1.15. The molecule has 1 aromatic rings. The highest BCUT2D eigenvalue weighted by atomic mass is 16.7. The number of rotatable bonds is 5. The SMILES string of the molecule is CCC[C@@H]1O[C@H](CCC)[C@H](C)[C@H](c2ccc3c(c2)OCO3)O1. The number of hydrogen-bond donors (Lipinski definition) is 0. The Balaban J connectivity index is 1.82. The third-order valence-corrected chi connectivity index (χ3v) is 4.51. The summed E-state index contributed by atoms with van der Waals surface area (Å²) in [6.45, 7) is 6.89. The molecule has 2 heterocycles. The van der Waals surface area contributed by atoms with Gasteiger partial charge in [0.15, 0.2) is 17.8 Å². The van der Waals surface area contributed by atoms with E-state index >= 15 is 0 Å². The Morgan fingerprint density at radius 2 is 1.77 bits per heavy atom. The zero-order chi connectivity index (χ0) is 15.5. The van der Waals surface area contributed by atoms with E-state index in [0.29, 0.717) is 12.7 Å². The molecular formula is C18H26O4. The van der Waals surface area contributed by atoms with Gasteiger partial charge in [0.05, 0.1) is 12.2 Å². The highest BCUT2D eigenvalue weighted by Crippen LogP contribution is 2.42. The molecular weight excluding hydrogens is 280 g/mol. The van der Waals surface area contributed by atoms with Gasteiger partial charge in [0.2, 0.25) is 6.79 Å². The zero-order valence-electron chi connectivity index (χ0n) is 13.7. The largest absolute Gasteiger partial charge is 0.454 e. The molecule has 2 aliphatic rings. The van der Waals surface area contributed by atoms with Crippen LogP contribution < -0.4 is 9.47 Å². The van der Waals surface area contributed by atoms with Crippen LogP contribution in [0.1, 0.15) is 58.1 Å². The first kappa shape index (κ1) is 15.6. The summed E-state index contributed by atoms with van der Waals surface area (Å²) in [6.07, 6.45) is 4.41. The predicted octanol–water partition coefficient (Wildman–Crippen LogP) is 4.43. The van der Waals surface area contributed by atoms with Crippen molar-refractivity contribution in [2.45, 2.75) is 65.0 Å². The van der Waals surface area contributed by atoms with Crippen molar-refractivity contribution in [3.05, 3.63) is 23.8 Å². The highest BCUT2D eigenvalue weighted by Gasteiger charge is 2.37. The molecule has 0 unspecified atom stereocenters. The van der Waals surface area contributed by atoms with Gasteiger partial charge >= 0.3 is 0 Å². The highest BCUT2D eigenvalue weighted by molar-refractivity contribution is 5.45. The number of fused-ring (bicyclic) bond motifs is 1. The van der Waals surface area contributed by atoms with Crippen molar-refractivity contribution >= 4 is 0 Å². The lowest BCUT2D eigenvalue weighted by molar-refractivity contribution is -0.271. The molecule has 0 aromatic heterocycles. The van der Waals surface area contributed by atoms with Crippen LogP contribution in [0.5, 0.6) is 11.5 Å². The Kier molecular flexibility index (Phi) is 4.89. The van der Waals surface area contributed by atoms with E-state index < -0.39 is 0 Å². The van der Waals surface area contributed by atoms with Crippen molar-refractivity contribution < 1.29 is 18.9 Å². The van der Waals surface area contributed by atoms with Crippen molar-refractivity contribution in [1.82, 2.24) is 0 Å². The van der Waals surface area contributed by atoms with Gasteiger partial charge in [0.1, 0.15) is 0 Å². The Labute approximate surface area is 132 Å². The van der Waals surface area contributed by atoms with Gasteiger partial charge in [-0.05, 0) is 30.5 Å². The number of hydrogen-bond acceptors (Lipinski definition) is 4. The first-order valence-electron chi connectivity index (χ1n) is 8.43. The third-order valence-electron chi connectivity index (χ3n) is 4.51. The van der Waals surface area contributed by atoms with Crippen LogP contribution in [-0.2, 0) is 9.47 Å². The molecule has 1 saturated heterocycles. The summed E-state index contributed by atoms with van der Waals surface area (Å²) >= 11 is 0. The van der Waals surface area contributed by atoms with Gasteiger partial charge in [0, 0.05) is 5.92 Å². The molecule has 0 saturated carbocycles. The van der Waals surface area contributed by atoms with E-state index in [4.69, 9.17) is 18.9 Å². The lowest BCUT2D eigenvalue weighted by Gasteiger charge is -2.41. The van der Waals surface area contributed by atoms with Crippen LogP contribution in [0, 0.1) is 5.92 Å². The van der Waals surface area contributed by atoms with Crippen molar-refractivity contribution in [2.75, 3.05) is 6.79 Å². The quantitative estimate of drug-likeness (QED) is 0.806. The molecule has 4 nitrogen and oxygen atoms in total. The number of benzene rings is 1. The van der Waals surface area contributed by atoms with Gasteiger partial charge in [-0.25, -0.2) is 0 Å². The molecule has 122 valence electrons. The molecule has 1 aromatic carbocycles. The van der Waals surface area contributed by atoms with Crippen LogP contribution in [0.3, 0.4) is 0 Å². The maximum absolute atomic E-state index is 6.24. The Hall–Kier alpha value is -1.26. The van der Waals surface area contributed by atoms with Crippen molar-refractivity contribution in [3.8, 4) is 11.5 Å². The molecule has 2 aliphatic heterocycles. The Morgan fingerprint density at radius 1 is 1.00 bits per heavy atom. The van der Waals surface area contributed by atoms with E-state index in [2.05, 4.69) is 32.9 Å². The van der Waals surface area contributed by atoms with Crippen LogP contribution in [0.15, 0.2) is 18.2 Å². The van der Waals surface area contributed by atoms with E-state index in [0.717, 1.165) is 42.7 Å². The summed E-state index contributed by atoms with van der Waals surface area (Å²) in [6, 6.07) is 6.12. The van der Waals surface area contributed by atoms with Crippen LogP contribution in [0.4, 0.5) is 0 Å². The fourth-order valence-electron chi connectivity index (χ4n) is 3.29. The summed E-state index contributed by atoms with van der Waals surface area (Å²) in [5, 5.41) is 0. The lowest BCUT2D eigenvalue weighted by Crippen LogP contribution is -2.40. The summed E-state index contributed by atoms with van der Waals surface area (Å²) in [4.78, 5) is 0. The number of ether oxygens (including phenoxy) is 4. The van der Waals surface area contributed by atoms with Crippen LogP contribution in [-0.4, -0.2) is 19.2 Å². The molecule has 4 atom stereocenters. The summed E-state index contributed by atoms with van der Waals surface area (Å²) in [5.74, 6) is 1.96. The lowest BCUT2D eigenvalue weighted by atomic mass is 9.88. The van der Waals surface area contributed by atoms with E-state index in [1.807, 2.05) is 6.07 Å². The van der Waals surface area contributed by atoms with Crippen LogP contribution in [0.25, 0.3) is 0 Å². The zero-order valence-corrected chi connectivity index (χ0v) is 13.7. The van der Waals surface area contributed by atoms with E-state index in [-0.39, 0.29) is 18.5 Å². The van der Waals surface area contributed by atoms with Gasteiger partial charge in [-0.1, -0.05) is 39.7 Å². The molecule has 0 N–H and O–H groups in total. The van der Waals surface area contributed by atoms with E-state index in [1.54, 1.807) is 0 Å². The monoisotopic (exact) mass is 306 g/mol. The normalized spacial score (nSPS) is 30.5.